The van der Waals surface area contributed by atoms with E-state index >= 15 is 0 Å². The zero-order valence-corrected chi connectivity index (χ0v) is 16.3. The fourth-order valence-corrected chi connectivity index (χ4v) is 3.26. The van der Waals surface area contributed by atoms with Crippen LogP contribution in [-0.2, 0) is 18.0 Å². The van der Waals surface area contributed by atoms with Crippen LogP contribution in [0.4, 0.5) is 0 Å². The maximum atomic E-state index is 11.1. The van der Waals surface area contributed by atoms with Gasteiger partial charge >= 0.3 is 0 Å². The topological polar surface area (TPSA) is 131 Å². The molecule has 10 heteroatoms. The minimum atomic E-state index is -5.65. The van der Waals surface area contributed by atoms with E-state index in [1.165, 1.54) is 6.08 Å². The lowest BCUT2D eigenvalue weighted by atomic mass is 10.1. The molecule has 1 rings (SSSR count). The molecule has 0 bridgehead atoms. The maximum Gasteiger partial charge on any atom is 0.272 e. The van der Waals surface area contributed by atoms with Gasteiger partial charge in [-0.1, -0.05) is 35.9 Å². The Hall–Kier alpha value is -1.24. The third kappa shape index (κ3) is 11.4. The van der Waals surface area contributed by atoms with E-state index < -0.39 is 22.3 Å². The Morgan fingerprint density at radius 3 is 2.31 bits per heavy atom. The third-order valence-electron chi connectivity index (χ3n) is 3.11. The van der Waals surface area contributed by atoms with Crippen LogP contribution in [0.1, 0.15) is 26.7 Å². The molecule has 1 unspecified atom stereocenters. The van der Waals surface area contributed by atoms with Gasteiger partial charge in [0.25, 0.3) is 7.82 Å². The molecule has 8 nitrogen and oxygen atoms in total. The third-order valence-corrected chi connectivity index (χ3v) is 5.17. The van der Waals surface area contributed by atoms with Gasteiger partial charge in [-0.05, 0) is 44.4 Å². The molecule has 0 spiro atoms. The molecule has 0 amide bonds. The highest BCUT2D eigenvalue weighted by Gasteiger charge is 2.10. The van der Waals surface area contributed by atoms with Crippen molar-refractivity contribution in [1.29, 1.82) is 0 Å². The Morgan fingerprint density at radius 2 is 1.69 bits per heavy atom. The molecular weight excluding hydrogens is 382 g/mol. The van der Waals surface area contributed by atoms with Crippen LogP contribution in [0.5, 0.6) is 5.75 Å². The summed E-state index contributed by atoms with van der Waals surface area (Å²) in [5.74, 6) is 0.790. The van der Waals surface area contributed by atoms with Gasteiger partial charge in [-0.15, -0.1) is 0 Å². The number of rotatable bonds is 11. The molecule has 0 N–H and O–H groups in total. The van der Waals surface area contributed by atoms with Crippen molar-refractivity contribution in [1.82, 2.24) is 0 Å². The predicted molar refractivity (Wildman–Crippen MR) is 90.9 cm³/mol. The Bertz CT molecular complexity index is 708. The van der Waals surface area contributed by atoms with E-state index in [0.717, 1.165) is 16.9 Å². The molecular formula is C16H21O8P2-3. The molecule has 0 aliphatic carbocycles. The Morgan fingerprint density at radius 1 is 1.04 bits per heavy atom. The van der Waals surface area contributed by atoms with Crippen molar-refractivity contribution in [3.63, 3.8) is 0 Å². The van der Waals surface area contributed by atoms with Crippen molar-refractivity contribution in [3.05, 3.63) is 53.6 Å². The van der Waals surface area contributed by atoms with Gasteiger partial charge in [-0.2, -0.15) is 0 Å². The van der Waals surface area contributed by atoms with Gasteiger partial charge in [-0.25, -0.2) is 0 Å². The van der Waals surface area contributed by atoms with Crippen molar-refractivity contribution in [2.24, 2.45) is 0 Å². The van der Waals surface area contributed by atoms with Crippen LogP contribution in [0.15, 0.2) is 53.6 Å². The molecule has 0 aliphatic heterocycles. The van der Waals surface area contributed by atoms with Crippen LogP contribution in [0.3, 0.4) is 0 Å². The van der Waals surface area contributed by atoms with Crippen molar-refractivity contribution in [3.8, 4) is 5.75 Å². The van der Waals surface area contributed by atoms with Crippen molar-refractivity contribution < 1.29 is 37.4 Å². The maximum absolute atomic E-state index is 11.1. The summed E-state index contributed by atoms with van der Waals surface area (Å²) < 4.78 is 34.6. The summed E-state index contributed by atoms with van der Waals surface area (Å²) in [5, 5.41) is 0. The minimum Gasteiger partial charge on any atom is -0.790 e. The van der Waals surface area contributed by atoms with Gasteiger partial charge in [0, 0.05) is 0 Å². The van der Waals surface area contributed by atoms with E-state index in [0.29, 0.717) is 19.4 Å². The second kappa shape index (κ2) is 10.8. The van der Waals surface area contributed by atoms with Crippen LogP contribution >= 0.6 is 15.6 Å². The lowest BCUT2D eigenvalue weighted by molar-refractivity contribution is -0.339. The Kier molecular flexibility index (Phi) is 9.47. The van der Waals surface area contributed by atoms with E-state index in [1.807, 2.05) is 43.3 Å². The molecule has 0 radical (unpaired) electrons. The molecule has 1 atom stereocenters. The summed E-state index contributed by atoms with van der Waals surface area (Å²) in [6.45, 7) is 3.78. The van der Waals surface area contributed by atoms with Gasteiger partial charge in [0.2, 0.25) is 0 Å². The van der Waals surface area contributed by atoms with Gasteiger partial charge < -0.3 is 28.5 Å². The van der Waals surface area contributed by atoms with Gasteiger partial charge in [0.1, 0.15) is 12.4 Å². The quantitative estimate of drug-likeness (QED) is 0.405. The summed E-state index contributed by atoms with van der Waals surface area (Å²) in [5.41, 5.74) is 1.89. The fourth-order valence-electron chi connectivity index (χ4n) is 1.84. The summed E-state index contributed by atoms with van der Waals surface area (Å²) in [6.07, 6.45) is 4.85. The van der Waals surface area contributed by atoms with E-state index in [9.17, 15) is 23.8 Å². The molecule has 0 aliphatic rings. The predicted octanol–water partition coefficient (Wildman–Crippen LogP) is 2.07. The van der Waals surface area contributed by atoms with E-state index in [1.54, 1.807) is 6.92 Å². The van der Waals surface area contributed by atoms with Crippen molar-refractivity contribution in [2.75, 3.05) is 13.2 Å². The number of hydrogen-bond acceptors (Lipinski definition) is 8. The highest BCUT2D eigenvalue weighted by molar-refractivity contribution is 7.58. The van der Waals surface area contributed by atoms with E-state index in [4.69, 9.17) is 4.74 Å². The van der Waals surface area contributed by atoms with Gasteiger partial charge in [0.15, 0.2) is 0 Å². The van der Waals surface area contributed by atoms with E-state index in [-0.39, 0.29) is 0 Å². The largest absolute Gasteiger partial charge is 0.790 e. The first-order chi connectivity index (χ1) is 12.1. The second-order valence-electron chi connectivity index (χ2n) is 5.51. The SMILES string of the molecule is C/C(=C\COP(=O)([O-])OP(=O)([O-])[O-])CC/C=C(\C)COc1ccccc1. The highest BCUT2D eigenvalue weighted by Crippen LogP contribution is 2.50. The molecule has 1 aromatic carbocycles. The highest BCUT2D eigenvalue weighted by atomic mass is 31.3. The molecule has 0 aromatic heterocycles. The molecule has 26 heavy (non-hydrogen) atoms. The van der Waals surface area contributed by atoms with Gasteiger partial charge in [0.05, 0.1) is 14.4 Å². The normalized spacial score (nSPS) is 15.6. The number of hydrogen-bond donors (Lipinski definition) is 0. The zero-order chi connectivity index (χ0) is 19.6. The standard InChI is InChI=1S/C16H24O8P2/c1-14(11-12-23-26(20,21)24-25(17,18)19)7-6-8-15(2)13-22-16-9-4-3-5-10-16/h3-5,8-11H,6-7,12-13H2,1-2H3,(H,20,21)(H2,17,18,19)/p-3/b14-11+,15-8+. The van der Waals surface area contributed by atoms with Crippen LogP contribution < -0.4 is 19.4 Å². The molecule has 0 heterocycles. The summed E-state index contributed by atoms with van der Waals surface area (Å²) in [4.78, 5) is 31.6. The molecule has 0 saturated heterocycles. The number of phosphoric acid groups is 2. The van der Waals surface area contributed by atoms with Crippen molar-refractivity contribution >= 4 is 15.6 Å². The van der Waals surface area contributed by atoms with Crippen LogP contribution in [0.25, 0.3) is 0 Å². The molecule has 0 fully saturated rings. The number of para-hydroxylation sites is 1. The average Bonchev–Trinajstić information content (AvgIpc) is 2.51. The number of allylic oxidation sites excluding steroid dienone is 2. The summed E-state index contributed by atoms with van der Waals surface area (Å²) >= 11 is 0. The summed E-state index contributed by atoms with van der Waals surface area (Å²) in [6, 6.07) is 9.44. The van der Waals surface area contributed by atoms with Crippen LogP contribution in [0, 0.1) is 0 Å². The van der Waals surface area contributed by atoms with E-state index in [2.05, 4.69) is 8.83 Å². The van der Waals surface area contributed by atoms with Crippen LogP contribution in [-0.4, -0.2) is 13.2 Å². The Balaban J connectivity index is 2.31. The smallest absolute Gasteiger partial charge is 0.272 e. The fraction of sp³-hybridized carbons (Fsp3) is 0.375. The number of phosphoric ester groups is 1. The van der Waals surface area contributed by atoms with Crippen molar-refractivity contribution in [2.45, 2.75) is 26.7 Å². The molecule has 0 saturated carbocycles. The lowest BCUT2D eigenvalue weighted by Gasteiger charge is -2.34. The molecule has 1 aromatic rings. The first kappa shape index (κ1) is 22.8. The van der Waals surface area contributed by atoms with Gasteiger partial charge in [-0.3, -0.25) is 8.88 Å². The minimum absolute atomic E-state index is 0.410. The first-order valence-corrected chi connectivity index (χ1v) is 10.7. The monoisotopic (exact) mass is 403 g/mol. The number of ether oxygens (including phenoxy) is 1. The Labute approximate surface area is 153 Å². The lowest BCUT2D eigenvalue weighted by Crippen LogP contribution is -2.19. The average molecular weight is 403 g/mol. The second-order valence-corrected chi connectivity index (χ2v) is 8.21. The summed E-state index contributed by atoms with van der Waals surface area (Å²) in [7, 11) is -10.8. The zero-order valence-electron chi connectivity index (χ0n) is 14.5. The number of benzene rings is 1. The molecule has 146 valence electrons. The van der Waals surface area contributed by atoms with Crippen LogP contribution in [0.2, 0.25) is 0 Å². The first-order valence-electron chi connectivity index (χ1n) is 7.75.